The standard InChI is InChI=1S/C19H23N3O3/c1-3-20-19(24)14-7-8-18(21-11-14)22-12-15(23)10-17(22)13-5-4-6-16(9-13)25-2/h4-9,11,15,17,23H,3,10,12H2,1-2H3,(H,20,24)/t15-,17-/m0/s1. The predicted octanol–water partition coefficient (Wildman–Crippen LogP) is 2.15. The third-order valence-corrected chi connectivity index (χ3v) is 4.40. The molecular formula is C19H23N3O3. The number of aromatic nitrogens is 1. The van der Waals surface area contributed by atoms with Crippen molar-refractivity contribution < 1.29 is 14.6 Å². The summed E-state index contributed by atoms with van der Waals surface area (Å²) in [5.41, 5.74) is 1.61. The molecule has 0 bridgehead atoms. The van der Waals surface area contributed by atoms with Gasteiger partial charge in [-0.3, -0.25) is 4.79 Å². The highest BCUT2D eigenvalue weighted by molar-refractivity contribution is 5.94. The van der Waals surface area contributed by atoms with Crippen molar-refractivity contribution in [3.05, 3.63) is 53.7 Å². The van der Waals surface area contributed by atoms with Crippen LogP contribution < -0.4 is 15.0 Å². The molecule has 25 heavy (non-hydrogen) atoms. The van der Waals surface area contributed by atoms with Crippen molar-refractivity contribution in [1.82, 2.24) is 10.3 Å². The maximum atomic E-state index is 11.9. The van der Waals surface area contributed by atoms with Gasteiger partial charge in [0.1, 0.15) is 11.6 Å². The van der Waals surface area contributed by atoms with Gasteiger partial charge < -0.3 is 20.1 Å². The van der Waals surface area contributed by atoms with Crippen LogP contribution in [0.25, 0.3) is 0 Å². The molecule has 6 nitrogen and oxygen atoms in total. The van der Waals surface area contributed by atoms with Gasteiger partial charge >= 0.3 is 0 Å². The summed E-state index contributed by atoms with van der Waals surface area (Å²) >= 11 is 0. The number of ether oxygens (including phenoxy) is 1. The lowest BCUT2D eigenvalue weighted by molar-refractivity contribution is 0.0955. The molecule has 132 valence electrons. The summed E-state index contributed by atoms with van der Waals surface area (Å²) in [7, 11) is 1.64. The van der Waals surface area contributed by atoms with Crippen LogP contribution in [0.3, 0.4) is 0 Å². The molecule has 2 heterocycles. The van der Waals surface area contributed by atoms with E-state index < -0.39 is 6.10 Å². The van der Waals surface area contributed by atoms with E-state index in [0.29, 0.717) is 25.1 Å². The number of β-amino-alcohol motifs (C(OH)–C–C–N with tert-alkyl or cyclic N) is 1. The van der Waals surface area contributed by atoms with E-state index in [1.54, 1.807) is 19.4 Å². The molecule has 0 radical (unpaired) electrons. The SMILES string of the molecule is CCNC(=O)c1ccc(N2C[C@@H](O)C[C@H]2c2cccc(OC)c2)nc1. The van der Waals surface area contributed by atoms with E-state index in [0.717, 1.165) is 17.1 Å². The predicted molar refractivity (Wildman–Crippen MR) is 95.9 cm³/mol. The van der Waals surface area contributed by atoms with E-state index >= 15 is 0 Å². The Labute approximate surface area is 147 Å². The second kappa shape index (κ2) is 7.53. The van der Waals surface area contributed by atoms with Crippen LogP contribution in [-0.2, 0) is 0 Å². The maximum Gasteiger partial charge on any atom is 0.252 e. The minimum absolute atomic E-state index is 0.0212. The van der Waals surface area contributed by atoms with Crippen LogP contribution in [0, 0.1) is 0 Å². The highest BCUT2D eigenvalue weighted by atomic mass is 16.5. The van der Waals surface area contributed by atoms with Gasteiger partial charge in [0.2, 0.25) is 0 Å². The summed E-state index contributed by atoms with van der Waals surface area (Å²) < 4.78 is 5.31. The molecule has 1 aliphatic rings. The van der Waals surface area contributed by atoms with Gasteiger partial charge in [-0.15, -0.1) is 0 Å². The number of nitrogens with one attached hydrogen (secondary N) is 1. The lowest BCUT2D eigenvalue weighted by Gasteiger charge is -2.26. The zero-order valence-corrected chi connectivity index (χ0v) is 14.5. The Morgan fingerprint density at radius 1 is 1.40 bits per heavy atom. The van der Waals surface area contributed by atoms with E-state index in [4.69, 9.17) is 4.74 Å². The second-order valence-corrected chi connectivity index (χ2v) is 6.10. The topological polar surface area (TPSA) is 74.7 Å². The minimum Gasteiger partial charge on any atom is -0.497 e. The van der Waals surface area contributed by atoms with Gasteiger partial charge in [0, 0.05) is 19.3 Å². The number of aliphatic hydroxyl groups is 1. The monoisotopic (exact) mass is 341 g/mol. The smallest absolute Gasteiger partial charge is 0.252 e. The normalized spacial score (nSPS) is 19.7. The molecule has 1 aromatic heterocycles. The number of nitrogens with zero attached hydrogens (tertiary/aromatic N) is 2. The van der Waals surface area contributed by atoms with Gasteiger partial charge in [-0.2, -0.15) is 0 Å². The van der Waals surface area contributed by atoms with Gasteiger partial charge in [0.05, 0.1) is 24.8 Å². The highest BCUT2D eigenvalue weighted by Crippen LogP contribution is 2.36. The Balaban J connectivity index is 1.85. The summed E-state index contributed by atoms with van der Waals surface area (Å²) in [6.07, 6.45) is 1.79. The summed E-state index contributed by atoms with van der Waals surface area (Å²) in [5, 5.41) is 12.9. The fourth-order valence-electron chi connectivity index (χ4n) is 3.18. The first-order valence-electron chi connectivity index (χ1n) is 8.45. The number of benzene rings is 1. The molecule has 2 atom stereocenters. The first-order valence-corrected chi connectivity index (χ1v) is 8.45. The van der Waals surface area contributed by atoms with Crippen molar-refractivity contribution in [1.29, 1.82) is 0 Å². The molecule has 3 rings (SSSR count). The molecule has 0 aliphatic carbocycles. The average molecular weight is 341 g/mol. The fourth-order valence-corrected chi connectivity index (χ4v) is 3.18. The van der Waals surface area contributed by atoms with E-state index in [-0.39, 0.29) is 11.9 Å². The Morgan fingerprint density at radius 3 is 2.92 bits per heavy atom. The zero-order valence-electron chi connectivity index (χ0n) is 14.5. The van der Waals surface area contributed by atoms with Crippen LogP contribution in [0.4, 0.5) is 5.82 Å². The number of rotatable bonds is 5. The minimum atomic E-state index is -0.416. The number of carbonyl (C=O) groups excluding carboxylic acids is 1. The first-order chi connectivity index (χ1) is 12.1. The van der Waals surface area contributed by atoms with Crippen LogP contribution in [-0.4, -0.2) is 42.3 Å². The molecule has 2 aromatic rings. The van der Waals surface area contributed by atoms with E-state index in [2.05, 4.69) is 15.2 Å². The van der Waals surface area contributed by atoms with Crippen molar-refractivity contribution in [2.45, 2.75) is 25.5 Å². The molecule has 1 aromatic carbocycles. The van der Waals surface area contributed by atoms with Crippen molar-refractivity contribution >= 4 is 11.7 Å². The number of anilines is 1. The van der Waals surface area contributed by atoms with Gasteiger partial charge in [0.25, 0.3) is 5.91 Å². The summed E-state index contributed by atoms with van der Waals surface area (Å²) in [6, 6.07) is 11.5. The molecule has 0 spiro atoms. The molecule has 2 N–H and O–H groups in total. The Hall–Kier alpha value is -2.60. The lowest BCUT2D eigenvalue weighted by atomic mass is 10.0. The van der Waals surface area contributed by atoms with Crippen LogP contribution in [0.1, 0.15) is 35.3 Å². The fraction of sp³-hybridized carbons (Fsp3) is 0.368. The lowest BCUT2D eigenvalue weighted by Crippen LogP contribution is -2.26. The van der Waals surface area contributed by atoms with Crippen LogP contribution in [0.15, 0.2) is 42.6 Å². The summed E-state index contributed by atoms with van der Waals surface area (Å²) in [5.74, 6) is 1.41. The van der Waals surface area contributed by atoms with Crippen LogP contribution in [0.2, 0.25) is 0 Å². The molecule has 1 saturated heterocycles. The number of pyridine rings is 1. The van der Waals surface area contributed by atoms with E-state index in [1.807, 2.05) is 37.3 Å². The maximum absolute atomic E-state index is 11.9. The van der Waals surface area contributed by atoms with Crippen molar-refractivity contribution in [3.63, 3.8) is 0 Å². The Morgan fingerprint density at radius 2 is 2.24 bits per heavy atom. The number of hydrogen-bond donors (Lipinski definition) is 2. The quantitative estimate of drug-likeness (QED) is 0.872. The van der Waals surface area contributed by atoms with Gasteiger partial charge in [0.15, 0.2) is 0 Å². The zero-order chi connectivity index (χ0) is 17.8. The number of amides is 1. The summed E-state index contributed by atoms with van der Waals surface area (Å²) in [4.78, 5) is 18.4. The molecule has 1 fully saturated rings. The molecule has 1 aliphatic heterocycles. The second-order valence-electron chi connectivity index (χ2n) is 6.10. The molecular weight excluding hydrogens is 318 g/mol. The third kappa shape index (κ3) is 3.74. The molecule has 6 heteroatoms. The Kier molecular flexibility index (Phi) is 5.19. The third-order valence-electron chi connectivity index (χ3n) is 4.40. The molecule has 0 unspecified atom stereocenters. The van der Waals surface area contributed by atoms with Gasteiger partial charge in [-0.05, 0) is 43.2 Å². The Bertz CT molecular complexity index is 733. The van der Waals surface area contributed by atoms with E-state index in [9.17, 15) is 9.90 Å². The van der Waals surface area contributed by atoms with Gasteiger partial charge in [-0.1, -0.05) is 12.1 Å². The molecule has 0 saturated carbocycles. The van der Waals surface area contributed by atoms with Crippen molar-refractivity contribution in [2.75, 3.05) is 25.1 Å². The largest absolute Gasteiger partial charge is 0.497 e. The van der Waals surface area contributed by atoms with E-state index in [1.165, 1.54) is 0 Å². The number of methoxy groups -OCH3 is 1. The number of carbonyl (C=O) groups is 1. The number of hydrogen-bond acceptors (Lipinski definition) is 5. The van der Waals surface area contributed by atoms with Crippen molar-refractivity contribution in [3.8, 4) is 5.75 Å². The van der Waals surface area contributed by atoms with Gasteiger partial charge in [-0.25, -0.2) is 4.98 Å². The van der Waals surface area contributed by atoms with Crippen LogP contribution in [0.5, 0.6) is 5.75 Å². The highest BCUT2D eigenvalue weighted by Gasteiger charge is 2.33. The molecule has 1 amide bonds. The van der Waals surface area contributed by atoms with Crippen LogP contribution >= 0.6 is 0 Å². The number of aliphatic hydroxyl groups excluding tert-OH is 1. The first kappa shape index (κ1) is 17.2. The summed E-state index contributed by atoms with van der Waals surface area (Å²) in [6.45, 7) is 2.97. The average Bonchev–Trinajstić information content (AvgIpc) is 3.04. The van der Waals surface area contributed by atoms with Crippen molar-refractivity contribution in [2.24, 2.45) is 0 Å².